The van der Waals surface area contributed by atoms with Crippen molar-refractivity contribution in [3.63, 3.8) is 0 Å². The topological polar surface area (TPSA) is 35.2 Å². The number of nitrogen functional groups attached to an aromatic ring is 1. The Kier molecular flexibility index (Phi) is 4.39. The van der Waals surface area contributed by atoms with E-state index in [4.69, 9.17) is 10.5 Å². The first-order valence-electron chi connectivity index (χ1n) is 5.87. The standard InChI is InChI=1S/C15H16BrNO/c1-11(12-5-3-2-4-6-12)18-10-13-7-8-14(16)9-15(13)17/h2-9,11H,10,17H2,1H3. The molecule has 0 radical (unpaired) electrons. The lowest BCUT2D eigenvalue weighted by atomic mass is 10.1. The molecule has 2 nitrogen and oxygen atoms in total. The molecule has 1 unspecified atom stereocenters. The zero-order chi connectivity index (χ0) is 13.0. The van der Waals surface area contributed by atoms with Crippen LogP contribution < -0.4 is 5.73 Å². The summed E-state index contributed by atoms with van der Waals surface area (Å²) in [6, 6.07) is 16.0. The molecule has 0 fully saturated rings. The Morgan fingerprint density at radius 1 is 1.17 bits per heavy atom. The number of hydrogen-bond acceptors (Lipinski definition) is 2. The molecule has 0 saturated heterocycles. The smallest absolute Gasteiger partial charge is 0.0801 e. The lowest BCUT2D eigenvalue weighted by Crippen LogP contribution is -2.02. The highest BCUT2D eigenvalue weighted by atomic mass is 79.9. The van der Waals surface area contributed by atoms with Crippen LogP contribution in [0.1, 0.15) is 24.2 Å². The quantitative estimate of drug-likeness (QED) is 0.854. The highest BCUT2D eigenvalue weighted by molar-refractivity contribution is 9.10. The van der Waals surface area contributed by atoms with Gasteiger partial charge in [0, 0.05) is 15.7 Å². The third-order valence-corrected chi connectivity index (χ3v) is 3.36. The Bertz CT molecular complexity index is 513. The molecule has 0 aromatic heterocycles. The molecule has 2 aromatic rings. The average Bonchev–Trinajstić information content (AvgIpc) is 2.38. The van der Waals surface area contributed by atoms with Crippen LogP contribution in [0.15, 0.2) is 53.0 Å². The van der Waals surface area contributed by atoms with Crippen LogP contribution in [0.3, 0.4) is 0 Å². The van der Waals surface area contributed by atoms with Gasteiger partial charge in [-0.2, -0.15) is 0 Å². The molecule has 0 aliphatic heterocycles. The Morgan fingerprint density at radius 3 is 2.56 bits per heavy atom. The van der Waals surface area contributed by atoms with E-state index in [2.05, 4.69) is 28.1 Å². The zero-order valence-corrected chi connectivity index (χ0v) is 11.9. The largest absolute Gasteiger partial charge is 0.398 e. The fourth-order valence-corrected chi connectivity index (χ4v) is 2.11. The summed E-state index contributed by atoms with van der Waals surface area (Å²) >= 11 is 3.39. The number of benzene rings is 2. The van der Waals surface area contributed by atoms with E-state index in [1.165, 1.54) is 5.56 Å². The van der Waals surface area contributed by atoms with Crippen LogP contribution in [0.5, 0.6) is 0 Å². The second kappa shape index (κ2) is 6.03. The Hall–Kier alpha value is -1.32. The lowest BCUT2D eigenvalue weighted by molar-refractivity contribution is 0.0529. The van der Waals surface area contributed by atoms with Gasteiger partial charge < -0.3 is 10.5 Å². The van der Waals surface area contributed by atoms with Crippen LogP contribution in [0.4, 0.5) is 5.69 Å². The number of ether oxygens (including phenoxy) is 1. The third kappa shape index (κ3) is 3.34. The van der Waals surface area contributed by atoms with E-state index in [1.54, 1.807) is 0 Å². The summed E-state index contributed by atoms with van der Waals surface area (Å²) in [6.07, 6.45) is 0.0641. The second-order valence-corrected chi connectivity index (χ2v) is 5.12. The molecule has 18 heavy (non-hydrogen) atoms. The SMILES string of the molecule is CC(OCc1ccc(Br)cc1N)c1ccccc1. The normalized spacial score (nSPS) is 12.3. The number of nitrogens with two attached hydrogens (primary N) is 1. The molecule has 0 spiro atoms. The van der Waals surface area contributed by atoms with E-state index >= 15 is 0 Å². The van der Waals surface area contributed by atoms with Crippen molar-refractivity contribution in [1.29, 1.82) is 0 Å². The molecule has 2 aromatic carbocycles. The lowest BCUT2D eigenvalue weighted by Gasteiger charge is -2.14. The molecule has 0 heterocycles. The van der Waals surface area contributed by atoms with E-state index in [0.29, 0.717) is 6.61 Å². The first kappa shape index (κ1) is 13.1. The third-order valence-electron chi connectivity index (χ3n) is 2.87. The van der Waals surface area contributed by atoms with Crippen molar-refractivity contribution in [1.82, 2.24) is 0 Å². The summed E-state index contributed by atoms with van der Waals surface area (Å²) in [4.78, 5) is 0. The van der Waals surface area contributed by atoms with Gasteiger partial charge in [-0.05, 0) is 24.6 Å². The van der Waals surface area contributed by atoms with Crippen LogP contribution in [-0.2, 0) is 11.3 Å². The highest BCUT2D eigenvalue weighted by Crippen LogP contribution is 2.22. The predicted molar refractivity (Wildman–Crippen MR) is 78.2 cm³/mol. The summed E-state index contributed by atoms with van der Waals surface area (Å²) in [7, 11) is 0. The molecule has 0 amide bonds. The minimum atomic E-state index is 0.0641. The number of halogens is 1. The van der Waals surface area contributed by atoms with E-state index in [1.807, 2.05) is 43.3 Å². The zero-order valence-electron chi connectivity index (χ0n) is 10.3. The maximum Gasteiger partial charge on any atom is 0.0801 e. The number of anilines is 1. The highest BCUT2D eigenvalue weighted by Gasteiger charge is 2.06. The molecule has 0 aliphatic carbocycles. The van der Waals surface area contributed by atoms with Crippen LogP contribution in [0.25, 0.3) is 0 Å². The van der Waals surface area contributed by atoms with Gasteiger partial charge in [0.2, 0.25) is 0 Å². The monoisotopic (exact) mass is 305 g/mol. The van der Waals surface area contributed by atoms with Gasteiger partial charge in [0.15, 0.2) is 0 Å². The van der Waals surface area contributed by atoms with Crippen LogP contribution in [0.2, 0.25) is 0 Å². The summed E-state index contributed by atoms with van der Waals surface area (Å²) in [5, 5.41) is 0. The van der Waals surface area contributed by atoms with E-state index in [0.717, 1.165) is 15.7 Å². The fourth-order valence-electron chi connectivity index (χ4n) is 1.73. The summed E-state index contributed by atoms with van der Waals surface area (Å²) < 4.78 is 6.83. The fraction of sp³-hybridized carbons (Fsp3) is 0.200. The molecule has 94 valence electrons. The van der Waals surface area contributed by atoms with Crippen molar-refractivity contribution in [3.05, 3.63) is 64.1 Å². The van der Waals surface area contributed by atoms with Gasteiger partial charge in [-0.1, -0.05) is 52.3 Å². The van der Waals surface area contributed by atoms with Gasteiger partial charge in [-0.25, -0.2) is 0 Å². The maximum atomic E-state index is 5.94. The Balaban J connectivity index is 1.99. The van der Waals surface area contributed by atoms with Crippen LogP contribution >= 0.6 is 15.9 Å². The summed E-state index contributed by atoms with van der Waals surface area (Å²) in [5.74, 6) is 0. The van der Waals surface area contributed by atoms with Gasteiger partial charge in [-0.3, -0.25) is 0 Å². The minimum Gasteiger partial charge on any atom is -0.398 e. The molecule has 2 N–H and O–H groups in total. The van der Waals surface area contributed by atoms with Crippen molar-refractivity contribution in [2.24, 2.45) is 0 Å². The van der Waals surface area contributed by atoms with E-state index in [-0.39, 0.29) is 6.10 Å². The molecule has 0 saturated carbocycles. The van der Waals surface area contributed by atoms with Crippen molar-refractivity contribution < 1.29 is 4.74 Å². The van der Waals surface area contributed by atoms with Crippen LogP contribution in [-0.4, -0.2) is 0 Å². The first-order valence-corrected chi connectivity index (χ1v) is 6.66. The summed E-state index contributed by atoms with van der Waals surface area (Å²) in [6.45, 7) is 2.57. The molecule has 2 rings (SSSR count). The molecular weight excluding hydrogens is 290 g/mol. The number of rotatable bonds is 4. The first-order chi connectivity index (χ1) is 8.66. The molecular formula is C15H16BrNO. The van der Waals surface area contributed by atoms with Crippen molar-refractivity contribution >= 4 is 21.6 Å². The number of hydrogen-bond donors (Lipinski definition) is 1. The van der Waals surface area contributed by atoms with Crippen LogP contribution in [0, 0.1) is 0 Å². The molecule has 0 aliphatic rings. The average molecular weight is 306 g/mol. The van der Waals surface area contributed by atoms with Gasteiger partial charge >= 0.3 is 0 Å². The Labute approximate surface area is 116 Å². The van der Waals surface area contributed by atoms with Gasteiger partial charge in [0.1, 0.15) is 0 Å². The van der Waals surface area contributed by atoms with Gasteiger partial charge in [-0.15, -0.1) is 0 Å². The van der Waals surface area contributed by atoms with Gasteiger partial charge in [0.25, 0.3) is 0 Å². The van der Waals surface area contributed by atoms with Crippen molar-refractivity contribution in [2.45, 2.75) is 19.6 Å². The minimum absolute atomic E-state index is 0.0641. The second-order valence-electron chi connectivity index (χ2n) is 4.21. The molecule has 0 bridgehead atoms. The molecule has 1 atom stereocenters. The van der Waals surface area contributed by atoms with Gasteiger partial charge in [0.05, 0.1) is 12.7 Å². The van der Waals surface area contributed by atoms with Crippen molar-refractivity contribution in [2.75, 3.05) is 5.73 Å². The van der Waals surface area contributed by atoms with E-state index < -0.39 is 0 Å². The molecule has 3 heteroatoms. The summed E-state index contributed by atoms with van der Waals surface area (Å²) in [5.41, 5.74) is 8.88. The Morgan fingerprint density at radius 2 is 1.89 bits per heavy atom. The van der Waals surface area contributed by atoms with E-state index in [9.17, 15) is 0 Å². The van der Waals surface area contributed by atoms with Crippen molar-refractivity contribution in [3.8, 4) is 0 Å². The maximum absolute atomic E-state index is 5.94. The predicted octanol–water partition coefficient (Wildman–Crippen LogP) is 4.31.